The summed E-state index contributed by atoms with van der Waals surface area (Å²) >= 11 is 0. The number of hydrogen-bond donors (Lipinski definition) is 1. The van der Waals surface area contributed by atoms with Crippen molar-refractivity contribution in [1.82, 2.24) is 10.2 Å². The molecule has 0 aromatic carbocycles. The lowest BCUT2D eigenvalue weighted by Crippen LogP contribution is -2.11. The smallest absolute Gasteiger partial charge is 0.341 e. The first-order chi connectivity index (χ1) is 8.57. The Balaban J connectivity index is 2.70. The molecule has 0 unspecified atom stereocenters. The Kier molecular flexibility index (Phi) is 5.55. The van der Waals surface area contributed by atoms with Crippen LogP contribution in [-0.4, -0.2) is 27.9 Å². The molecule has 0 aliphatic carbocycles. The Morgan fingerprint density at radius 1 is 1.22 bits per heavy atom. The maximum Gasteiger partial charge on any atom is 0.341 e. The summed E-state index contributed by atoms with van der Waals surface area (Å²) in [6.45, 7) is 6.08. The van der Waals surface area contributed by atoms with E-state index < -0.39 is 5.97 Å². The van der Waals surface area contributed by atoms with Crippen LogP contribution in [0.5, 0.6) is 5.88 Å². The Labute approximate surface area is 107 Å². The van der Waals surface area contributed by atoms with Gasteiger partial charge in [0.25, 0.3) is 0 Å². The molecule has 1 aromatic heterocycles. The first kappa shape index (κ1) is 14.4. The molecule has 0 fully saturated rings. The Hall–Kier alpha value is -1.65. The largest absolute Gasteiger partial charge is 0.477 e. The second-order valence-corrected chi connectivity index (χ2v) is 4.30. The maximum absolute atomic E-state index is 11.2. The van der Waals surface area contributed by atoms with Gasteiger partial charge in [0.1, 0.15) is 5.56 Å². The zero-order chi connectivity index (χ0) is 13.5. The number of nitrogens with zero attached hydrogens (tertiary/aromatic N) is 2. The third-order valence-corrected chi connectivity index (χ3v) is 2.87. The van der Waals surface area contributed by atoms with E-state index in [4.69, 9.17) is 9.84 Å². The lowest BCUT2D eigenvalue weighted by atomic mass is 10.1. The quantitative estimate of drug-likeness (QED) is 0.755. The molecule has 100 valence electrons. The van der Waals surface area contributed by atoms with E-state index in [2.05, 4.69) is 17.1 Å². The molecule has 18 heavy (non-hydrogen) atoms. The Morgan fingerprint density at radius 2 is 1.94 bits per heavy atom. The number of unbranched alkanes of at least 4 members (excludes halogenated alkanes) is 3. The molecule has 0 amide bonds. The third-order valence-electron chi connectivity index (χ3n) is 2.87. The van der Waals surface area contributed by atoms with E-state index in [1.807, 2.05) is 0 Å². The molecule has 1 rings (SSSR count). The van der Waals surface area contributed by atoms with Gasteiger partial charge < -0.3 is 9.84 Å². The van der Waals surface area contributed by atoms with Gasteiger partial charge in [-0.3, -0.25) is 0 Å². The van der Waals surface area contributed by atoms with Gasteiger partial charge in [0.15, 0.2) is 0 Å². The minimum Gasteiger partial charge on any atom is -0.477 e. The van der Waals surface area contributed by atoms with Crippen molar-refractivity contribution < 1.29 is 14.6 Å². The molecule has 0 saturated heterocycles. The van der Waals surface area contributed by atoms with E-state index in [0.29, 0.717) is 17.9 Å². The van der Waals surface area contributed by atoms with Gasteiger partial charge in [0, 0.05) is 0 Å². The highest BCUT2D eigenvalue weighted by Crippen LogP contribution is 2.20. The summed E-state index contributed by atoms with van der Waals surface area (Å²) in [6, 6.07) is 0. The van der Waals surface area contributed by atoms with Crippen LogP contribution in [0.25, 0.3) is 0 Å². The van der Waals surface area contributed by atoms with Crippen LogP contribution in [0.2, 0.25) is 0 Å². The number of aryl methyl sites for hydroxylation is 1. The zero-order valence-corrected chi connectivity index (χ0v) is 11.2. The fourth-order valence-corrected chi connectivity index (χ4v) is 1.64. The van der Waals surface area contributed by atoms with Gasteiger partial charge in [-0.15, -0.1) is 5.10 Å². The van der Waals surface area contributed by atoms with Crippen molar-refractivity contribution >= 4 is 5.97 Å². The van der Waals surface area contributed by atoms with Gasteiger partial charge in [-0.05, 0) is 25.8 Å². The molecule has 0 aliphatic rings. The fourth-order valence-electron chi connectivity index (χ4n) is 1.64. The van der Waals surface area contributed by atoms with E-state index in [9.17, 15) is 4.79 Å². The summed E-state index contributed by atoms with van der Waals surface area (Å²) in [5.74, 6) is -0.892. The average molecular weight is 252 g/mol. The number of ether oxygens (including phenoxy) is 1. The number of carbonyl (C=O) groups is 1. The molecule has 0 radical (unpaired) electrons. The summed E-state index contributed by atoms with van der Waals surface area (Å²) < 4.78 is 5.43. The molecule has 5 nitrogen and oxygen atoms in total. The van der Waals surface area contributed by atoms with E-state index in [1.54, 1.807) is 13.8 Å². The second-order valence-electron chi connectivity index (χ2n) is 4.30. The molecule has 5 heteroatoms. The van der Waals surface area contributed by atoms with Gasteiger partial charge in [-0.25, -0.2) is 4.79 Å². The van der Waals surface area contributed by atoms with Crippen LogP contribution in [0.3, 0.4) is 0 Å². The molecule has 0 aliphatic heterocycles. The highest BCUT2D eigenvalue weighted by Gasteiger charge is 2.18. The van der Waals surface area contributed by atoms with E-state index in [1.165, 1.54) is 0 Å². The monoisotopic (exact) mass is 252 g/mol. The standard InChI is InChI=1S/C13H20N2O3/c1-4-5-6-7-8-18-12-11(13(16)17)9(2)10(3)14-15-12/h4-8H2,1-3H3,(H,16,17). The van der Waals surface area contributed by atoms with Crippen LogP contribution in [0, 0.1) is 13.8 Å². The SMILES string of the molecule is CCCCCCOc1nnc(C)c(C)c1C(=O)O. The third kappa shape index (κ3) is 3.68. The lowest BCUT2D eigenvalue weighted by molar-refractivity contribution is 0.0689. The first-order valence-corrected chi connectivity index (χ1v) is 6.27. The summed E-state index contributed by atoms with van der Waals surface area (Å²) in [4.78, 5) is 11.2. The summed E-state index contributed by atoms with van der Waals surface area (Å²) in [7, 11) is 0. The average Bonchev–Trinajstić information content (AvgIpc) is 2.33. The van der Waals surface area contributed by atoms with Gasteiger partial charge >= 0.3 is 5.97 Å². The van der Waals surface area contributed by atoms with Crippen molar-refractivity contribution in [1.29, 1.82) is 0 Å². The van der Waals surface area contributed by atoms with Crippen molar-refractivity contribution in [2.45, 2.75) is 46.5 Å². The van der Waals surface area contributed by atoms with Crippen LogP contribution in [0.15, 0.2) is 0 Å². The highest BCUT2D eigenvalue weighted by atomic mass is 16.5. The number of carboxylic acid groups (broad SMARTS) is 1. The number of rotatable bonds is 7. The predicted molar refractivity (Wildman–Crippen MR) is 68.1 cm³/mol. The van der Waals surface area contributed by atoms with E-state index in [0.717, 1.165) is 25.7 Å². The van der Waals surface area contributed by atoms with Crippen molar-refractivity contribution in [3.63, 3.8) is 0 Å². The van der Waals surface area contributed by atoms with Gasteiger partial charge in [0.05, 0.1) is 12.3 Å². The highest BCUT2D eigenvalue weighted by molar-refractivity contribution is 5.91. The number of hydrogen-bond acceptors (Lipinski definition) is 4. The molecule has 0 spiro atoms. The van der Waals surface area contributed by atoms with Crippen molar-refractivity contribution in [3.8, 4) is 5.88 Å². The zero-order valence-electron chi connectivity index (χ0n) is 11.2. The summed E-state index contributed by atoms with van der Waals surface area (Å²) in [5, 5.41) is 16.9. The molecule has 0 bridgehead atoms. The van der Waals surface area contributed by atoms with Crippen molar-refractivity contribution in [2.75, 3.05) is 6.61 Å². The van der Waals surface area contributed by atoms with Crippen LogP contribution < -0.4 is 4.74 Å². The Morgan fingerprint density at radius 3 is 2.56 bits per heavy atom. The summed E-state index contributed by atoms with van der Waals surface area (Å²) in [5.41, 5.74) is 1.35. The van der Waals surface area contributed by atoms with Crippen LogP contribution in [-0.2, 0) is 0 Å². The van der Waals surface area contributed by atoms with E-state index >= 15 is 0 Å². The van der Waals surface area contributed by atoms with Gasteiger partial charge in [-0.2, -0.15) is 5.10 Å². The number of aromatic carboxylic acids is 1. The van der Waals surface area contributed by atoms with Crippen molar-refractivity contribution in [3.05, 3.63) is 16.8 Å². The predicted octanol–water partition coefficient (Wildman–Crippen LogP) is 2.75. The first-order valence-electron chi connectivity index (χ1n) is 6.27. The van der Waals surface area contributed by atoms with Gasteiger partial charge in [0.2, 0.25) is 5.88 Å². The maximum atomic E-state index is 11.2. The minimum atomic E-state index is -1.02. The summed E-state index contributed by atoms with van der Waals surface area (Å²) in [6.07, 6.45) is 4.30. The molecular weight excluding hydrogens is 232 g/mol. The van der Waals surface area contributed by atoms with Crippen molar-refractivity contribution in [2.24, 2.45) is 0 Å². The molecule has 1 aromatic rings. The normalized spacial score (nSPS) is 10.4. The molecule has 0 saturated carbocycles. The van der Waals surface area contributed by atoms with Crippen LogP contribution in [0.4, 0.5) is 0 Å². The minimum absolute atomic E-state index is 0.123. The van der Waals surface area contributed by atoms with E-state index in [-0.39, 0.29) is 11.4 Å². The number of aromatic nitrogens is 2. The van der Waals surface area contributed by atoms with Crippen LogP contribution in [0.1, 0.15) is 54.2 Å². The second kappa shape index (κ2) is 6.93. The van der Waals surface area contributed by atoms with Gasteiger partial charge in [-0.1, -0.05) is 26.2 Å². The molecule has 1 N–H and O–H groups in total. The molecular formula is C13H20N2O3. The topological polar surface area (TPSA) is 72.3 Å². The molecule has 1 heterocycles. The molecule has 0 atom stereocenters. The Bertz CT molecular complexity index is 419. The number of carboxylic acids is 1. The fraction of sp³-hybridized carbons (Fsp3) is 0.615. The van der Waals surface area contributed by atoms with Crippen LogP contribution >= 0.6 is 0 Å². The lowest BCUT2D eigenvalue weighted by Gasteiger charge is -2.10.